The fourth-order valence-corrected chi connectivity index (χ4v) is 3.05. The molecule has 5 nitrogen and oxygen atoms in total. The smallest absolute Gasteiger partial charge is 0.315 e. The molecule has 0 fully saturated rings. The van der Waals surface area contributed by atoms with Crippen LogP contribution in [0.2, 0.25) is 0 Å². The van der Waals surface area contributed by atoms with Crippen LogP contribution in [0.3, 0.4) is 0 Å². The molecular formula is C17H22N2O3S. The van der Waals surface area contributed by atoms with Crippen molar-refractivity contribution in [2.24, 2.45) is 0 Å². The van der Waals surface area contributed by atoms with Crippen molar-refractivity contribution in [2.45, 2.75) is 25.9 Å². The summed E-state index contributed by atoms with van der Waals surface area (Å²) in [5, 5.41) is 7.83. The van der Waals surface area contributed by atoms with Gasteiger partial charge in [-0.3, -0.25) is 0 Å². The third-order valence-electron chi connectivity index (χ3n) is 3.57. The molecule has 0 spiro atoms. The van der Waals surface area contributed by atoms with E-state index in [1.807, 2.05) is 42.5 Å². The maximum atomic E-state index is 11.8. The quantitative estimate of drug-likeness (QED) is 0.852. The summed E-state index contributed by atoms with van der Waals surface area (Å²) in [5.41, 5.74) is 1.02. The lowest BCUT2D eigenvalue weighted by Crippen LogP contribution is -2.41. The van der Waals surface area contributed by atoms with Crippen LogP contribution in [0.25, 0.3) is 10.8 Å². The maximum Gasteiger partial charge on any atom is 0.315 e. The highest BCUT2D eigenvalue weighted by Gasteiger charge is 2.10. The number of carbonyl (C=O) groups excluding carboxylic acids is 1. The van der Waals surface area contributed by atoms with Crippen molar-refractivity contribution in [1.82, 2.24) is 10.6 Å². The van der Waals surface area contributed by atoms with Gasteiger partial charge in [0, 0.05) is 18.8 Å². The third kappa shape index (κ3) is 5.90. The zero-order chi connectivity index (χ0) is 16.9. The van der Waals surface area contributed by atoms with Gasteiger partial charge in [0.15, 0.2) is 0 Å². The van der Waals surface area contributed by atoms with E-state index in [2.05, 4.69) is 10.6 Å². The van der Waals surface area contributed by atoms with Crippen LogP contribution in [0, 0.1) is 0 Å². The summed E-state index contributed by atoms with van der Waals surface area (Å²) in [4.78, 5) is 11.8. The van der Waals surface area contributed by atoms with Crippen LogP contribution in [0.4, 0.5) is 4.79 Å². The Kier molecular flexibility index (Phi) is 5.60. The van der Waals surface area contributed by atoms with Crippen LogP contribution in [-0.2, 0) is 16.4 Å². The standard InChI is InChI=1S/C17H22N2O3S/c1-13(9-10-23(2,21)22)19-17(20)18-12-14-7-8-15-5-3-4-6-16(15)11-14/h3-8,11,13H,9-10,12H2,1-2H3,(H2,18,19,20)/t13-/m0/s1. The number of carbonyl (C=O) groups is 1. The molecule has 0 aliphatic heterocycles. The Morgan fingerprint density at radius 3 is 2.52 bits per heavy atom. The molecule has 6 heteroatoms. The monoisotopic (exact) mass is 334 g/mol. The minimum atomic E-state index is -3.00. The fourth-order valence-electron chi connectivity index (χ4n) is 2.27. The van der Waals surface area contributed by atoms with E-state index in [0.717, 1.165) is 16.3 Å². The lowest BCUT2D eigenvalue weighted by molar-refractivity contribution is 0.237. The Balaban J connectivity index is 1.83. The number of rotatable bonds is 6. The number of sulfone groups is 1. The van der Waals surface area contributed by atoms with Crippen molar-refractivity contribution in [1.29, 1.82) is 0 Å². The minimum absolute atomic E-state index is 0.0686. The topological polar surface area (TPSA) is 75.3 Å². The second-order valence-corrected chi connectivity index (χ2v) is 8.09. The Morgan fingerprint density at radius 2 is 1.83 bits per heavy atom. The minimum Gasteiger partial charge on any atom is -0.336 e. The van der Waals surface area contributed by atoms with Gasteiger partial charge in [-0.2, -0.15) is 0 Å². The number of nitrogens with one attached hydrogen (secondary N) is 2. The van der Waals surface area contributed by atoms with E-state index in [9.17, 15) is 13.2 Å². The molecule has 23 heavy (non-hydrogen) atoms. The second kappa shape index (κ2) is 7.46. The normalized spacial score (nSPS) is 12.8. The first-order valence-corrected chi connectivity index (χ1v) is 9.59. The average molecular weight is 334 g/mol. The maximum absolute atomic E-state index is 11.8. The van der Waals surface area contributed by atoms with Gasteiger partial charge in [0.2, 0.25) is 0 Å². The van der Waals surface area contributed by atoms with Gasteiger partial charge in [-0.15, -0.1) is 0 Å². The zero-order valence-electron chi connectivity index (χ0n) is 13.4. The molecule has 2 aromatic carbocycles. The number of benzene rings is 2. The molecule has 0 saturated heterocycles. The lowest BCUT2D eigenvalue weighted by Gasteiger charge is -2.14. The summed E-state index contributed by atoms with van der Waals surface area (Å²) in [6.45, 7) is 2.22. The summed E-state index contributed by atoms with van der Waals surface area (Å²) in [5.74, 6) is 0.0686. The first kappa shape index (κ1) is 17.3. The Hall–Kier alpha value is -2.08. The summed E-state index contributed by atoms with van der Waals surface area (Å²) < 4.78 is 22.2. The molecule has 2 aromatic rings. The van der Waals surface area contributed by atoms with Crippen LogP contribution in [0.5, 0.6) is 0 Å². The lowest BCUT2D eigenvalue weighted by atomic mass is 10.1. The number of hydrogen-bond acceptors (Lipinski definition) is 3. The van der Waals surface area contributed by atoms with Gasteiger partial charge in [-0.1, -0.05) is 36.4 Å². The van der Waals surface area contributed by atoms with E-state index < -0.39 is 9.84 Å². The molecule has 0 bridgehead atoms. The highest BCUT2D eigenvalue weighted by Crippen LogP contribution is 2.15. The molecular weight excluding hydrogens is 312 g/mol. The van der Waals surface area contributed by atoms with Gasteiger partial charge in [0.05, 0.1) is 5.75 Å². The van der Waals surface area contributed by atoms with Crippen molar-refractivity contribution in [3.8, 4) is 0 Å². The molecule has 2 rings (SSSR count). The van der Waals surface area contributed by atoms with E-state index in [0.29, 0.717) is 13.0 Å². The molecule has 1 atom stereocenters. The molecule has 0 aromatic heterocycles. The number of urea groups is 1. The summed E-state index contributed by atoms with van der Waals surface area (Å²) >= 11 is 0. The fraction of sp³-hybridized carbons (Fsp3) is 0.353. The summed E-state index contributed by atoms with van der Waals surface area (Å²) in [6, 6.07) is 13.6. The Bertz CT molecular complexity index is 787. The predicted molar refractivity (Wildman–Crippen MR) is 93.1 cm³/mol. The SMILES string of the molecule is C[C@@H](CCS(C)(=O)=O)NC(=O)NCc1ccc2ccccc2c1. The Labute approximate surface area is 137 Å². The molecule has 0 saturated carbocycles. The Morgan fingerprint density at radius 1 is 1.13 bits per heavy atom. The molecule has 0 aliphatic carbocycles. The molecule has 2 amide bonds. The molecule has 0 radical (unpaired) electrons. The first-order valence-electron chi connectivity index (χ1n) is 7.53. The van der Waals surface area contributed by atoms with Gasteiger partial charge in [0.25, 0.3) is 0 Å². The van der Waals surface area contributed by atoms with Crippen molar-refractivity contribution in [3.63, 3.8) is 0 Å². The van der Waals surface area contributed by atoms with E-state index in [-0.39, 0.29) is 17.8 Å². The van der Waals surface area contributed by atoms with E-state index >= 15 is 0 Å². The largest absolute Gasteiger partial charge is 0.336 e. The molecule has 0 unspecified atom stereocenters. The average Bonchev–Trinajstić information content (AvgIpc) is 2.50. The van der Waals surface area contributed by atoms with Crippen LogP contribution >= 0.6 is 0 Å². The molecule has 2 N–H and O–H groups in total. The highest BCUT2D eigenvalue weighted by atomic mass is 32.2. The van der Waals surface area contributed by atoms with E-state index in [4.69, 9.17) is 0 Å². The van der Waals surface area contributed by atoms with Crippen LogP contribution in [0.1, 0.15) is 18.9 Å². The highest BCUT2D eigenvalue weighted by molar-refractivity contribution is 7.90. The van der Waals surface area contributed by atoms with Crippen LogP contribution in [0.15, 0.2) is 42.5 Å². The third-order valence-corrected chi connectivity index (χ3v) is 4.54. The molecule has 124 valence electrons. The van der Waals surface area contributed by atoms with Gasteiger partial charge >= 0.3 is 6.03 Å². The van der Waals surface area contributed by atoms with Gasteiger partial charge < -0.3 is 10.6 Å². The van der Waals surface area contributed by atoms with Gasteiger partial charge in [0.1, 0.15) is 9.84 Å². The van der Waals surface area contributed by atoms with E-state index in [1.54, 1.807) is 6.92 Å². The summed E-state index contributed by atoms with van der Waals surface area (Å²) in [6.07, 6.45) is 1.60. The van der Waals surface area contributed by atoms with Crippen LogP contribution in [-0.4, -0.2) is 32.5 Å². The summed E-state index contributed by atoms with van der Waals surface area (Å²) in [7, 11) is -3.00. The van der Waals surface area contributed by atoms with Crippen molar-refractivity contribution < 1.29 is 13.2 Å². The number of hydrogen-bond donors (Lipinski definition) is 2. The van der Waals surface area contributed by atoms with E-state index in [1.165, 1.54) is 6.26 Å². The number of fused-ring (bicyclic) bond motifs is 1. The molecule has 0 aliphatic rings. The number of amides is 2. The second-order valence-electron chi connectivity index (χ2n) is 5.83. The van der Waals surface area contributed by atoms with Crippen molar-refractivity contribution in [2.75, 3.05) is 12.0 Å². The predicted octanol–water partition coefficient (Wildman–Crippen LogP) is 2.46. The zero-order valence-corrected chi connectivity index (χ0v) is 14.2. The first-order chi connectivity index (χ1) is 10.8. The van der Waals surface area contributed by atoms with Gasteiger partial charge in [-0.05, 0) is 35.7 Å². The van der Waals surface area contributed by atoms with Gasteiger partial charge in [-0.25, -0.2) is 13.2 Å². The van der Waals surface area contributed by atoms with Crippen molar-refractivity contribution >= 4 is 26.6 Å². The van der Waals surface area contributed by atoms with Crippen LogP contribution < -0.4 is 10.6 Å². The molecule has 0 heterocycles. The van der Waals surface area contributed by atoms with Crippen molar-refractivity contribution in [3.05, 3.63) is 48.0 Å².